The third-order valence-corrected chi connectivity index (χ3v) is 2.69. The number of halogens is 2. The van der Waals surface area contributed by atoms with Crippen LogP contribution in [0.1, 0.15) is 10.4 Å². The molecule has 0 saturated carbocycles. The van der Waals surface area contributed by atoms with Crippen molar-refractivity contribution in [3.05, 3.63) is 53.6 Å². The van der Waals surface area contributed by atoms with Crippen LogP contribution < -0.4 is 4.74 Å². The Kier molecular flexibility index (Phi) is 3.46. The molecule has 19 heavy (non-hydrogen) atoms. The SMILES string of the molecule is COc1ccc(C(=O)O)cc1-c1cccc(F)c1F. The lowest BCUT2D eigenvalue weighted by atomic mass is 10.0. The minimum Gasteiger partial charge on any atom is -0.496 e. The number of methoxy groups -OCH3 is 1. The van der Waals surface area contributed by atoms with Gasteiger partial charge in [0.2, 0.25) is 0 Å². The van der Waals surface area contributed by atoms with Crippen LogP contribution in [-0.2, 0) is 0 Å². The second-order valence-corrected chi connectivity index (χ2v) is 3.82. The highest BCUT2D eigenvalue weighted by Crippen LogP contribution is 2.33. The van der Waals surface area contributed by atoms with E-state index in [9.17, 15) is 13.6 Å². The summed E-state index contributed by atoms with van der Waals surface area (Å²) in [5.41, 5.74) is 0.124. The van der Waals surface area contributed by atoms with Crippen LogP contribution >= 0.6 is 0 Å². The summed E-state index contributed by atoms with van der Waals surface area (Å²) in [4.78, 5) is 10.9. The topological polar surface area (TPSA) is 46.5 Å². The van der Waals surface area contributed by atoms with Gasteiger partial charge in [-0.15, -0.1) is 0 Å². The summed E-state index contributed by atoms with van der Waals surface area (Å²) >= 11 is 0. The van der Waals surface area contributed by atoms with E-state index in [1.807, 2.05) is 0 Å². The van der Waals surface area contributed by atoms with Crippen LogP contribution in [0.2, 0.25) is 0 Å². The van der Waals surface area contributed by atoms with E-state index in [0.717, 1.165) is 6.07 Å². The van der Waals surface area contributed by atoms with E-state index in [1.54, 1.807) is 0 Å². The van der Waals surface area contributed by atoms with Crippen LogP contribution in [-0.4, -0.2) is 18.2 Å². The number of ether oxygens (including phenoxy) is 1. The van der Waals surface area contributed by atoms with E-state index < -0.39 is 17.6 Å². The molecule has 0 aromatic heterocycles. The molecule has 0 atom stereocenters. The Morgan fingerprint density at radius 3 is 2.53 bits per heavy atom. The van der Waals surface area contributed by atoms with Crippen molar-refractivity contribution in [3.8, 4) is 16.9 Å². The van der Waals surface area contributed by atoms with Crippen molar-refractivity contribution < 1.29 is 23.4 Å². The van der Waals surface area contributed by atoms with Gasteiger partial charge in [-0.1, -0.05) is 12.1 Å². The molecule has 98 valence electrons. The van der Waals surface area contributed by atoms with Crippen LogP contribution in [0.3, 0.4) is 0 Å². The summed E-state index contributed by atoms with van der Waals surface area (Å²) in [6.07, 6.45) is 0. The van der Waals surface area contributed by atoms with Crippen LogP contribution in [0.5, 0.6) is 5.75 Å². The predicted molar refractivity (Wildman–Crippen MR) is 65.3 cm³/mol. The molecule has 0 spiro atoms. The molecule has 0 saturated heterocycles. The quantitative estimate of drug-likeness (QED) is 0.924. The average molecular weight is 264 g/mol. The minimum absolute atomic E-state index is 0.0283. The normalized spacial score (nSPS) is 10.3. The van der Waals surface area contributed by atoms with E-state index in [2.05, 4.69) is 0 Å². The van der Waals surface area contributed by atoms with Gasteiger partial charge in [0.25, 0.3) is 0 Å². The molecule has 0 heterocycles. The number of carbonyl (C=O) groups is 1. The fourth-order valence-electron chi connectivity index (χ4n) is 1.76. The first kappa shape index (κ1) is 13.0. The van der Waals surface area contributed by atoms with Gasteiger partial charge < -0.3 is 9.84 Å². The van der Waals surface area contributed by atoms with Crippen molar-refractivity contribution in [1.82, 2.24) is 0 Å². The standard InChI is InChI=1S/C14H10F2O3/c1-19-12-6-5-8(14(17)18)7-10(12)9-3-2-4-11(15)13(9)16/h2-7H,1H3,(H,17,18). The Morgan fingerprint density at radius 1 is 1.16 bits per heavy atom. The van der Waals surface area contributed by atoms with Crippen molar-refractivity contribution in [3.63, 3.8) is 0 Å². The van der Waals surface area contributed by atoms with Gasteiger partial charge in [-0.25, -0.2) is 13.6 Å². The van der Waals surface area contributed by atoms with E-state index in [0.29, 0.717) is 0 Å². The molecule has 0 fully saturated rings. The Hall–Kier alpha value is -2.43. The lowest BCUT2D eigenvalue weighted by molar-refractivity contribution is 0.0697. The summed E-state index contributed by atoms with van der Waals surface area (Å²) in [7, 11) is 1.37. The van der Waals surface area contributed by atoms with E-state index >= 15 is 0 Å². The molecule has 2 rings (SSSR count). The van der Waals surface area contributed by atoms with Gasteiger partial charge in [-0.3, -0.25) is 0 Å². The number of hydrogen-bond donors (Lipinski definition) is 1. The lowest BCUT2D eigenvalue weighted by Gasteiger charge is -2.10. The van der Waals surface area contributed by atoms with Gasteiger partial charge >= 0.3 is 5.97 Å². The first-order valence-electron chi connectivity index (χ1n) is 5.40. The van der Waals surface area contributed by atoms with Crippen LogP contribution in [0.4, 0.5) is 8.78 Å². The fourth-order valence-corrected chi connectivity index (χ4v) is 1.76. The van der Waals surface area contributed by atoms with Crippen molar-refractivity contribution in [2.75, 3.05) is 7.11 Å². The first-order chi connectivity index (χ1) is 9.04. The van der Waals surface area contributed by atoms with E-state index in [1.165, 1.54) is 37.4 Å². The molecule has 0 radical (unpaired) electrons. The molecule has 0 aliphatic heterocycles. The molecular weight excluding hydrogens is 254 g/mol. The third kappa shape index (κ3) is 2.40. The highest BCUT2D eigenvalue weighted by atomic mass is 19.2. The zero-order chi connectivity index (χ0) is 14.0. The summed E-state index contributed by atoms with van der Waals surface area (Å²) in [5.74, 6) is -2.92. The molecule has 5 heteroatoms. The van der Waals surface area contributed by atoms with Crippen molar-refractivity contribution in [2.24, 2.45) is 0 Å². The molecule has 0 bridgehead atoms. The summed E-state index contributed by atoms with van der Waals surface area (Å²) < 4.78 is 32.0. The smallest absolute Gasteiger partial charge is 0.335 e. The first-order valence-corrected chi connectivity index (χ1v) is 5.40. The van der Waals surface area contributed by atoms with Gasteiger partial charge in [0.15, 0.2) is 11.6 Å². The highest BCUT2D eigenvalue weighted by Gasteiger charge is 2.16. The average Bonchev–Trinajstić information content (AvgIpc) is 2.41. The Labute approximate surface area is 108 Å². The number of carboxylic acids is 1. The molecule has 3 nitrogen and oxygen atoms in total. The molecule has 0 unspecified atom stereocenters. The van der Waals surface area contributed by atoms with Gasteiger partial charge in [0.1, 0.15) is 5.75 Å². The summed E-state index contributed by atoms with van der Waals surface area (Å²) in [6.45, 7) is 0. The monoisotopic (exact) mass is 264 g/mol. The van der Waals surface area contributed by atoms with Crippen molar-refractivity contribution in [2.45, 2.75) is 0 Å². The fraction of sp³-hybridized carbons (Fsp3) is 0.0714. The third-order valence-electron chi connectivity index (χ3n) is 2.69. The lowest BCUT2D eigenvalue weighted by Crippen LogP contribution is -1.99. The Bertz CT molecular complexity index is 639. The van der Waals surface area contributed by atoms with Crippen LogP contribution in [0, 0.1) is 11.6 Å². The predicted octanol–water partition coefficient (Wildman–Crippen LogP) is 3.34. The second-order valence-electron chi connectivity index (χ2n) is 3.82. The zero-order valence-corrected chi connectivity index (χ0v) is 9.98. The molecular formula is C14H10F2O3. The van der Waals surface area contributed by atoms with Gasteiger partial charge in [0.05, 0.1) is 12.7 Å². The van der Waals surface area contributed by atoms with Gasteiger partial charge in [-0.2, -0.15) is 0 Å². The maximum absolute atomic E-state index is 13.8. The summed E-state index contributed by atoms with van der Waals surface area (Å²) in [5, 5.41) is 8.94. The van der Waals surface area contributed by atoms with E-state index in [4.69, 9.17) is 9.84 Å². The Balaban J connectivity index is 2.68. The Morgan fingerprint density at radius 2 is 1.89 bits per heavy atom. The molecule has 2 aromatic rings. The highest BCUT2D eigenvalue weighted by molar-refractivity contribution is 5.90. The van der Waals surface area contributed by atoms with Crippen molar-refractivity contribution >= 4 is 5.97 Å². The molecule has 1 N–H and O–H groups in total. The largest absolute Gasteiger partial charge is 0.496 e. The number of aromatic carboxylic acids is 1. The molecule has 2 aromatic carbocycles. The van der Waals surface area contributed by atoms with Crippen LogP contribution in [0.15, 0.2) is 36.4 Å². The number of benzene rings is 2. The molecule has 0 aliphatic carbocycles. The van der Waals surface area contributed by atoms with Gasteiger partial charge in [0, 0.05) is 11.1 Å². The second kappa shape index (κ2) is 5.06. The van der Waals surface area contributed by atoms with E-state index in [-0.39, 0.29) is 22.4 Å². The number of hydrogen-bond acceptors (Lipinski definition) is 2. The van der Waals surface area contributed by atoms with Crippen molar-refractivity contribution in [1.29, 1.82) is 0 Å². The summed E-state index contributed by atoms with van der Waals surface area (Å²) in [6, 6.07) is 7.69. The minimum atomic E-state index is -1.15. The number of rotatable bonds is 3. The van der Waals surface area contributed by atoms with Crippen LogP contribution in [0.25, 0.3) is 11.1 Å². The molecule has 0 aliphatic rings. The number of carboxylic acid groups (broad SMARTS) is 1. The maximum atomic E-state index is 13.8. The maximum Gasteiger partial charge on any atom is 0.335 e. The molecule has 0 amide bonds. The zero-order valence-electron chi connectivity index (χ0n) is 9.98. The van der Waals surface area contributed by atoms with Gasteiger partial charge in [-0.05, 0) is 24.3 Å².